The number of rotatable bonds is 2. The predicted octanol–water partition coefficient (Wildman–Crippen LogP) is 3.15. The second-order valence-electron chi connectivity index (χ2n) is 5.83. The Morgan fingerprint density at radius 2 is 1.48 bits per heavy atom. The molecule has 0 aliphatic heterocycles. The van der Waals surface area contributed by atoms with E-state index in [-0.39, 0.29) is 11.1 Å². The molecule has 0 saturated heterocycles. The van der Waals surface area contributed by atoms with Crippen LogP contribution in [0.25, 0.3) is 0 Å². The Morgan fingerprint density at radius 3 is 1.96 bits per heavy atom. The van der Waals surface area contributed by atoms with E-state index in [9.17, 15) is 19.7 Å². The van der Waals surface area contributed by atoms with Crippen LogP contribution in [-0.2, 0) is 0 Å². The van der Waals surface area contributed by atoms with Crippen LogP contribution in [-0.4, -0.2) is 22.5 Å². The van der Waals surface area contributed by atoms with E-state index < -0.39 is 33.9 Å². The molecule has 0 bridgehead atoms. The molecule has 2 aromatic carbocycles. The minimum atomic E-state index is -1.60. The average molecular weight is 328 g/mol. The third-order valence-electron chi connectivity index (χ3n) is 4.79. The Bertz CT molecular complexity index is 839. The smallest absolute Gasteiger partial charge is 0.242 e. The molecule has 23 heavy (non-hydrogen) atoms. The largest absolute Gasteiger partial charge is 0.293 e. The van der Waals surface area contributed by atoms with Crippen molar-refractivity contribution in [1.82, 2.24) is 0 Å². The topological polar surface area (TPSA) is 77.3 Å². The van der Waals surface area contributed by atoms with Crippen LogP contribution < -0.4 is 0 Å². The van der Waals surface area contributed by atoms with E-state index in [1.165, 1.54) is 0 Å². The number of ketones is 2. The summed E-state index contributed by atoms with van der Waals surface area (Å²) >= 11 is 5.85. The summed E-state index contributed by atoms with van der Waals surface area (Å²) in [6.45, 7) is 0. The van der Waals surface area contributed by atoms with Gasteiger partial charge in [-0.05, 0) is 17.7 Å². The molecule has 1 saturated carbocycles. The van der Waals surface area contributed by atoms with Crippen molar-refractivity contribution in [2.24, 2.45) is 5.41 Å². The van der Waals surface area contributed by atoms with E-state index in [1.807, 2.05) is 0 Å². The maximum absolute atomic E-state index is 12.8. The quantitative estimate of drug-likeness (QED) is 0.482. The van der Waals surface area contributed by atoms with Gasteiger partial charge in [-0.15, -0.1) is 0 Å². The standard InChI is InChI=1S/C17H10ClNO4/c18-10-7-5-9(6-8-10)13-14(19(22)23)17(13)15(20)11-3-1-2-4-12(11)16(17)21/h1-8,13-14H/t13-,14+/m0/s1. The third-order valence-corrected chi connectivity index (χ3v) is 5.04. The van der Waals surface area contributed by atoms with Crippen LogP contribution in [0, 0.1) is 15.5 Å². The Labute approximate surface area is 136 Å². The molecular formula is C17H10ClNO4. The van der Waals surface area contributed by atoms with E-state index in [2.05, 4.69) is 0 Å². The lowest BCUT2D eigenvalue weighted by atomic mass is 9.93. The van der Waals surface area contributed by atoms with E-state index in [0.717, 1.165) is 0 Å². The molecule has 2 aliphatic carbocycles. The SMILES string of the molecule is O=C1c2ccccc2C(=O)C12[C@@H](c1ccc(Cl)cc1)[C@H]2[N+](=O)[O-]. The Hall–Kier alpha value is -2.53. The predicted molar refractivity (Wildman–Crippen MR) is 82.5 cm³/mol. The number of carbonyl (C=O) groups excluding carboxylic acids is 2. The van der Waals surface area contributed by atoms with Gasteiger partial charge in [0.2, 0.25) is 6.04 Å². The molecule has 114 valence electrons. The summed E-state index contributed by atoms with van der Waals surface area (Å²) < 4.78 is 0. The summed E-state index contributed by atoms with van der Waals surface area (Å²) in [5, 5.41) is 12.0. The number of nitro groups is 1. The molecule has 0 N–H and O–H groups in total. The lowest BCUT2D eigenvalue weighted by Crippen LogP contribution is -2.25. The summed E-state index contributed by atoms with van der Waals surface area (Å²) in [4.78, 5) is 36.6. The highest BCUT2D eigenvalue weighted by molar-refractivity contribution is 6.33. The highest BCUT2D eigenvalue weighted by Gasteiger charge is 2.84. The van der Waals surface area contributed by atoms with Crippen LogP contribution in [0.1, 0.15) is 32.2 Å². The third kappa shape index (κ3) is 1.63. The van der Waals surface area contributed by atoms with Crippen molar-refractivity contribution in [3.8, 4) is 0 Å². The number of nitrogens with zero attached hydrogens (tertiary/aromatic N) is 1. The fraction of sp³-hybridized carbons (Fsp3) is 0.176. The van der Waals surface area contributed by atoms with Crippen molar-refractivity contribution in [2.75, 3.05) is 0 Å². The number of Topliss-reactive ketones (excluding diaryl/α,β-unsaturated/α-hetero) is 2. The number of hydrogen-bond donors (Lipinski definition) is 0. The van der Waals surface area contributed by atoms with Gasteiger partial charge >= 0.3 is 0 Å². The van der Waals surface area contributed by atoms with Gasteiger partial charge in [0.1, 0.15) is 0 Å². The summed E-state index contributed by atoms with van der Waals surface area (Å²) in [5.41, 5.74) is -0.451. The second-order valence-corrected chi connectivity index (χ2v) is 6.27. The Morgan fingerprint density at radius 1 is 0.957 bits per heavy atom. The fourth-order valence-corrected chi connectivity index (χ4v) is 3.88. The van der Waals surface area contributed by atoms with Crippen molar-refractivity contribution in [2.45, 2.75) is 12.0 Å². The maximum Gasteiger partial charge on any atom is 0.242 e. The van der Waals surface area contributed by atoms with Gasteiger partial charge < -0.3 is 0 Å². The molecule has 2 aliphatic rings. The summed E-state index contributed by atoms with van der Waals surface area (Å²) in [7, 11) is 0. The first-order valence-corrected chi connectivity index (χ1v) is 7.45. The molecule has 1 spiro atoms. The van der Waals surface area contributed by atoms with Gasteiger partial charge in [0.15, 0.2) is 17.0 Å². The lowest BCUT2D eigenvalue weighted by molar-refractivity contribution is -0.500. The lowest BCUT2D eigenvalue weighted by Gasteiger charge is -2.03. The molecule has 0 unspecified atom stereocenters. The van der Waals surface area contributed by atoms with Crippen molar-refractivity contribution < 1.29 is 14.5 Å². The van der Waals surface area contributed by atoms with Crippen molar-refractivity contribution in [1.29, 1.82) is 0 Å². The maximum atomic E-state index is 12.8. The molecule has 4 rings (SSSR count). The van der Waals surface area contributed by atoms with Gasteiger partial charge in [-0.3, -0.25) is 19.7 Å². The number of fused-ring (bicyclic) bond motifs is 1. The van der Waals surface area contributed by atoms with Crippen LogP contribution >= 0.6 is 11.6 Å². The van der Waals surface area contributed by atoms with E-state index in [4.69, 9.17) is 11.6 Å². The van der Waals surface area contributed by atoms with E-state index in [0.29, 0.717) is 10.6 Å². The Kier molecular flexibility index (Phi) is 2.75. The average Bonchev–Trinajstić information content (AvgIpc) is 3.20. The highest BCUT2D eigenvalue weighted by atomic mass is 35.5. The fourth-order valence-electron chi connectivity index (χ4n) is 3.75. The monoisotopic (exact) mass is 327 g/mol. The van der Waals surface area contributed by atoms with Crippen molar-refractivity contribution in [3.05, 3.63) is 80.4 Å². The number of carbonyl (C=O) groups is 2. The second kappa shape index (κ2) is 4.49. The summed E-state index contributed by atoms with van der Waals surface area (Å²) in [6.07, 6.45) is 0. The first-order valence-electron chi connectivity index (χ1n) is 7.07. The molecule has 6 heteroatoms. The number of hydrogen-bond acceptors (Lipinski definition) is 4. The number of halogens is 1. The molecule has 5 nitrogen and oxygen atoms in total. The van der Waals surface area contributed by atoms with Crippen molar-refractivity contribution >= 4 is 23.2 Å². The molecular weight excluding hydrogens is 318 g/mol. The molecule has 0 radical (unpaired) electrons. The van der Waals surface area contributed by atoms with Crippen molar-refractivity contribution in [3.63, 3.8) is 0 Å². The van der Waals surface area contributed by atoms with Crippen LogP contribution in [0.5, 0.6) is 0 Å². The van der Waals surface area contributed by atoms with E-state index >= 15 is 0 Å². The summed E-state index contributed by atoms with van der Waals surface area (Å²) in [6, 6.07) is 11.7. The Balaban J connectivity index is 1.87. The zero-order chi connectivity index (χ0) is 16.4. The molecule has 0 heterocycles. The number of benzene rings is 2. The summed E-state index contributed by atoms with van der Waals surface area (Å²) in [5.74, 6) is -1.64. The molecule has 2 atom stereocenters. The minimum Gasteiger partial charge on any atom is -0.293 e. The molecule has 0 amide bonds. The van der Waals surface area contributed by atoms with Gasteiger partial charge in [-0.2, -0.15) is 0 Å². The molecule has 2 aromatic rings. The zero-order valence-electron chi connectivity index (χ0n) is 11.7. The van der Waals surface area contributed by atoms with Gasteiger partial charge in [0, 0.05) is 21.1 Å². The van der Waals surface area contributed by atoms with E-state index in [1.54, 1.807) is 48.5 Å². The molecule has 0 aromatic heterocycles. The van der Waals surface area contributed by atoms with Gasteiger partial charge in [0.25, 0.3) is 0 Å². The first kappa shape index (κ1) is 14.1. The van der Waals surface area contributed by atoms with Gasteiger partial charge in [-0.1, -0.05) is 48.0 Å². The van der Waals surface area contributed by atoms with Crippen LogP contribution in [0.3, 0.4) is 0 Å². The normalized spacial score (nSPS) is 23.9. The molecule has 1 fully saturated rings. The van der Waals surface area contributed by atoms with Crippen LogP contribution in [0.2, 0.25) is 5.02 Å². The van der Waals surface area contributed by atoms with Gasteiger partial charge in [-0.25, -0.2) is 0 Å². The van der Waals surface area contributed by atoms with Crippen LogP contribution in [0.15, 0.2) is 48.5 Å². The highest BCUT2D eigenvalue weighted by Crippen LogP contribution is 2.66. The minimum absolute atomic E-state index is 0.279. The van der Waals surface area contributed by atoms with Gasteiger partial charge in [0.05, 0.1) is 5.92 Å². The van der Waals surface area contributed by atoms with Crippen LogP contribution in [0.4, 0.5) is 0 Å². The first-order chi connectivity index (χ1) is 11.0. The zero-order valence-corrected chi connectivity index (χ0v) is 12.5.